The predicted octanol–water partition coefficient (Wildman–Crippen LogP) is 5.59. The van der Waals surface area contributed by atoms with Gasteiger partial charge in [0.25, 0.3) is 5.91 Å². The SMILES string of the molecule is C[C@@H]1C[C@@H](C)CN(S(=O)(=O)c2ccc(C(=O)Nc3ccc(O)c(-c4nc5ccccc5s4)c3)cc2)C1. The van der Waals surface area contributed by atoms with Gasteiger partial charge in [-0.05, 0) is 72.9 Å². The van der Waals surface area contributed by atoms with Crippen molar-refractivity contribution in [2.24, 2.45) is 11.8 Å². The summed E-state index contributed by atoms with van der Waals surface area (Å²) in [5, 5.41) is 13.9. The number of fused-ring (bicyclic) bond motifs is 1. The third-order valence-electron chi connectivity index (χ3n) is 6.37. The average molecular weight is 522 g/mol. The topological polar surface area (TPSA) is 99.6 Å². The van der Waals surface area contributed by atoms with E-state index in [1.165, 1.54) is 41.7 Å². The average Bonchev–Trinajstić information content (AvgIpc) is 3.29. The Morgan fingerprint density at radius 3 is 2.42 bits per heavy atom. The van der Waals surface area contributed by atoms with Gasteiger partial charge in [0.2, 0.25) is 10.0 Å². The van der Waals surface area contributed by atoms with Crippen molar-refractivity contribution >= 4 is 43.2 Å². The van der Waals surface area contributed by atoms with Gasteiger partial charge in [-0.3, -0.25) is 4.79 Å². The van der Waals surface area contributed by atoms with Crippen LogP contribution in [0.4, 0.5) is 5.69 Å². The number of anilines is 1. The number of aromatic nitrogens is 1. The van der Waals surface area contributed by atoms with Crippen molar-refractivity contribution in [1.29, 1.82) is 0 Å². The zero-order valence-electron chi connectivity index (χ0n) is 20.0. The second kappa shape index (κ2) is 9.65. The van der Waals surface area contributed by atoms with Crippen molar-refractivity contribution < 1.29 is 18.3 Å². The number of hydrogen-bond donors (Lipinski definition) is 2. The maximum atomic E-state index is 13.1. The molecular weight excluding hydrogens is 494 g/mol. The summed E-state index contributed by atoms with van der Waals surface area (Å²) < 4.78 is 28.8. The fourth-order valence-electron chi connectivity index (χ4n) is 4.71. The summed E-state index contributed by atoms with van der Waals surface area (Å²) in [6.45, 7) is 5.15. The lowest BCUT2D eigenvalue weighted by molar-refractivity contribution is 0.102. The number of carbonyl (C=O) groups excluding carboxylic acids is 1. The van der Waals surface area contributed by atoms with Crippen LogP contribution in [0.25, 0.3) is 20.8 Å². The Balaban J connectivity index is 1.34. The van der Waals surface area contributed by atoms with Gasteiger partial charge >= 0.3 is 0 Å². The number of thiazole rings is 1. The number of rotatable bonds is 5. The number of nitrogens with zero attached hydrogens (tertiary/aromatic N) is 2. The molecule has 4 aromatic rings. The largest absolute Gasteiger partial charge is 0.507 e. The standard InChI is InChI=1S/C27H27N3O4S2/c1-17-13-18(2)16-30(15-17)36(33,34)21-10-7-19(8-11-21)26(32)28-20-9-12-24(31)22(14-20)27-29-23-5-3-4-6-25(23)35-27/h3-12,14,17-18,31H,13,15-16H2,1-2H3,(H,28,32)/t17-,18-/m1/s1. The molecule has 1 aliphatic heterocycles. The quantitative estimate of drug-likeness (QED) is 0.334. The van der Waals surface area contributed by atoms with E-state index in [4.69, 9.17) is 0 Å². The molecule has 1 saturated heterocycles. The van der Waals surface area contributed by atoms with Crippen molar-refractivity contribution in [2.75, 3.05) is 18.4 Å². The monoisotopic (exact) mass is 521 g/mol. The molecule has 2 atom stereocenters. The van der Waals surface area contributed by atoms with Gasteiger partial charge in [0, 0.05) is 24.3 Å². The highest BCUT2D eigenvalue weighted by atomic mass is 32.2. The highest BCUT2D eigenvalue weighted by molar-refractivity contribution is 7.89. The number of aromatic hydroxyl groups is 1. The maximum absolute atomic E-state index is 13.1. The number of phenolic OH excluding ortho intramolecular Hbond substituents is 1. The predicted molar refractivity (Wildman–Crippen MR) is 143 cm³/mol. The first-order chi connectivity index (χ1) is 17.2. The van der Waals surface area contributed by atoms with Crippen LogP contribution in [0.15, 0.2) is 71.6 Å². The molecule has 7 nitrogen and oxygen atoms in total. The zero-order chi connectivity index (χ0) is 25.4. The summed E-state index contributed by atoms with van der Waals surface area (Å²) >= 11 is 1.46. The van der Waals surface area contributed by atoms with E-state index in [1.54, 1.807) is 16.4 Å². The molecule has 1 amide bonds. The van der Waals surface area contributed by atoms with Crippen LogP contribution in [-0.4, -0.2) is 41.8 Å². The summed E-state index contributed by atoms with van der Waals surface area (Å²) in [4.78, 5) is 17.7. The smallest absolute Gasteiger partial charge is 0.255 e. The van der Waals surface area contributed by atoms with E-state index < -0.39 is 10.0 Å². The molecule has 1 aliphatic rings. The van der Waals surface area contributed by atoms with E-state index in [0.717, 1.165) is 16.6 Å². The number of para-hydroxylation sites is 1. The number of sulfonamides is 1. The van der Waals surface area contributed by atoms with Crippen LogP contribution in [0, 0.1) is 11.8 Å². The number of amides is 1. The molecule has 0 unspecified atom stereocenters. The van der Waals surface area contributed by atoms with E-state index in [-0.39, 0.29) is 16.6 Å². The number of carbonyl (C=O) groups is 1. The normalized spacial score (nSPS) is 18.8. The number of phenols is 1. The number of nitrogens with one attached hydrogen (secondary N) is 1. The number of piperidine rings is 1. The van der Waals surface area contributed by atoms with Gasteiger partial charge in [0.05, 0.1) is 20.7 Å². The maximum Gasteiger partial charge on any atom is 0.255 e. The Morgan fingerprint density at radius 2 is 1.72 bits per heavy atom. The van der Waals surface area contributed by atoms with E-state index in [2.05, 4.69) is 24.1 Å². The number of hydrogen-bond acceptors (Lipinski definition) is 6. The minimum atomic E-state index is -3.61. The van der Waals surface area contributed by atoms with Gasteiger partial charge in [-0.25, -0.2) is 13.4 Å². The van der Waals surface area contributed by atoms with Gasteiger partial charge in [0.15, 0.2) is 0 Å². The van der Waals surface area contributed by atoms with E-state index in [0.29, 0.717) is 46.7 Å². The number of benzene rings is 3. The zero-order valence-corrected chi connectivity index (χ0v) is 21.6. The summed E-state index contributed by atoms with van der Waals surface area (Å²) in [5.74, 6) is 0.321. The van der Waals surface area contributed by atoms with Gasteiger partial charge in [-0.15, -0.1) is 11.3 Å². The summed E-state index contributed by atoms with van der Waals surface area (Å²) in [7, 11) is -3.61. The van der Waals surface area contributed by atoms with Crippen molar-refractivity contribution in [3.63, 3.8) is 0 Å². The first-order valence-electron chi connectivity index (χ1n) is 11.8. The Labute approximate surface area is 214 Å². The molecule has 0 saturated carbocycles. The minimum absolute atomic E-state index is 0.0722. The third kappa shape index (κ3) is 4.86. The van der Waals surface area contributed by atoms with E-state index in [9.17, 15) is 18.3 Å². The van der Waals surface area contributed by atoms with Crippen LogP contribution in [-0.2, 0) is 10.0 Å². The molecular formula is C27H27N3O4S2. The fraction of sp³-hybridized carbons (Fsp3) is 0.259. The van der Waals surface area contributed by atoms with Crippen LogP contribution >= 0.6 is 11.3 Å². The lowest BCUT2D eigenvalue weighted by atomic mass is 9.94. The molecule has 0 aliphatic carbocycles. The molecule has 0 radical (unpaired) electrons. The molecule has 1 aromatic heterocycles. The van der Waals surface area contributed by atoms with Crippen molar-refractivity contribution in [1.82, 2.24) is 9.29 Å². The van der Waals surface area contributed by atoms with Crippen molar-refractivity contribution in [2.45, 2.75) is 25.2 Å². The molecule has 0 spiro atoms. The van der Waals surface area contributed by atoms with Crippen LogP contribution in [0.2, 0.25) is 0 Å². The highest BCUT2D eigenvalue weighted by Gasteiger charge is 2.31. The second-order valence-electron chi connectivity index (χ2n) is 9.47. The molecule has 1 fully saturated rings. The molecule has 5 rings (SSSR count). The minimum Gasteiger partial charge on any atom is -0.507 e. The first kappa shape index (κ1) is 24.4. The van der Waals surface area contributed by atoms with Gasteiger partial charge < -0.3 is 10.4 Å². The Morgan fingerprint density at radius 1 is 1.03 bits per heavy atom. The molecule has 3 aromatic carbocycles. The summed E-state index contributed by atoms with van der Waals surface area (Å²) in [5.41, 5.74) is 2.21. The summed E-state index contributed by atoms with van der Waals surface area (Å²) in [6, 6.07) is 18.6. The van der Waals surface area contributed by atoms with Crippen molar-refractivity contribution in [3.8, 4) is 16.3 Å². The molecule has 9 heteroatoms. The van der Waals surface area contributed by atoms with Gasteiger partial charge in [-0.2, -0.15) is 4.31 Å². The molecule has 0 bridgehead atoms. The Kier molecular flexibility index (Phi) is 6.55. The van der Waals surface area contributed by atoms with Crippen LogP contribution < -0.4 is 5.32 Å². The van der Waals surface area contributed by atoms with Crippen molar-refractivity contribution in [3.05, 3.63) is 72.3 Å². The Bertz CT molecular complexity index is 1490. The van der Waals surface area contributed by atoms with Gasteiger partial charge in [-0.1, -0.05) is 26.0 Å². The molecule has 36 heavy (non-hydrogen) atoms. The van der Waals surface area contributed by atoms with Crippen LogP contribution in [0.1, 0.15) is 30.6 Å². The lowest BCUT2D eigenvalue weighted by Crippen LogP contribution is -2.42. The van der Waals surface area contributed by atoms with E-state index in [1.807, 2.05) is 24.3 Å². The summed E-state index contributed by atoms with van der Waals surface area (Å²) in [6.07, 6.45) is 1.02. The highest BCUT2D eigenvalue weighted by Crippen LogP contribution is 2.37. The molecule has 2 heterocycles. The second-order valence-corrected chi connectivity index (χ2v) is 12.4. The third-order valence-corrected chi connectivity index (χ3v) is 9.28. The van der Waals surface area contributed by atoms with E-state index >= 15 is 0 Å². The fourth-order valence-corrected chi connectivity index (χ4v) is 7.38. The Hall–Kier alpha value is -3.27. The first-order valence-corrected chi connectivity index (χ1v) is 14.1. The van der Waals surface area contributed by atoms with Crippen LogP contribution in [0.3, 0.4) is 0 Å². The van der Waals surface area contributed by atoms with Gasteiger partial charge in [0.1, 0.15) is 10.8 Å². The lowest BCUT2D eigenvalue weighted by Gasteiger charge is -2.34. The molecule has 2 N–H and O–H groups in total. The molecule has 186 valence electrons. The van der Waals surface area contributed by atoms with Crippen LogP contribution in [0.5, 0.6) is 5.75 Å².